The quantitative estimate of drug-likeness (QED) is 0.899. The molecule has 6 nitrogen and oxygen atoms in total. The molecule has 20 heavy (non-hydrogen) atoms. The smallest absolute Gasteiger partial charge is 0.309 e. The Morgan fingerprint density at radius 2 is 2.20 bits per heavy atom. The number of carboxylic acids is 1. The largest absolute Gasteiger partial charge is 0.481 e. The van der Waals surface area contributed by atoms with Gasteiger partial charge in [0.15, 0.2) is 0 Å². The van der Waals surface area contributed by atoms with Crippen LogP contribution in [0.3, 0.4) is 0 Å². The topological polar surface area (TPSA) is 75.4 Å². The van der Waals surface area contributed by atoms with Crippen molar-refractivity contribution in [3.63, 3.8) is 0 Å². The van der Waals surface area contributed by atoms with Crippen molar-refractivity contribution in [1.82, 2.24) is 14.7 Å². The summed E-state index contributed by atoms with van der Waals surface area (Å²) in [6, 6.07) is 1.78. The molecule has 1 aliphatic rings. The number of hydrogen-bond donors (Lipinski definition) is 1. The Morgan fingerprint density at radius 1 is 1.45 bits per heavy atom. The number of carboxylic acid groups (broad SMARTS) is 1. The molecule has 0 aromatic carbocycles. The predicted molar refractivity (Wildman–Crippen MR) is 72.9 cm³/mol. The molecule has 110 valence electrons. The molecule has 1 unspecified atom stereocenters. The molecular formula is C14H21N3O3. The summed E-state index contributed by atoms with van der Waals surface area (Å²) in [5, 5.41) is 13.3. The number of likely N-dealkylation sites (tertiary alicyclic amines) is 1. The third kappa shape index (κ3) is 3.00. The summed E-state index contributed by atoms with van der Waals surface area (Å²) in [6.07, 6.45) is 5.09. The molecule has 0 aliphatic carbocycles. The second-order valence-electron chi connectivity index (χ2n) is 5.91. The van der Waals surface area contributed by atoms with E-state index in [2.05, 4.69) is 5.10 Å². The van der Waals surface area contributed by atoms with Gasteiger partial charge in [0.25, 0.3) is 0 Å². The maximum absolute atomic E-state index is 12.2. The van der Waals surface area contributed by atoms with Crippen molar-refractivity contribution in [2.24, 2.45) is 11.3 Å². The van der Waals surface area contributed by atoms with Crippen molar-refractivity contribution in [1.29, 1.82) is 0 Å². The maximum atomic E-state index is 12.2. The lowest BCUT2D eigenvalue weighted by Crippen LogP contribution is -2.47. The van der Waals surface area contributed by atoms with Crippen LogP contribution < -0.4 is 0 Å². The Labute approximate surface area is 118 Å². The van der Waals surface area contributed by atoms with E-state index in [1.807, 2.05) is 0 Å². The number of carbonyl (C=O) groups is 2. The van der Waals surface area contributed by atoms with Gasteiger partial charge in [-0.2, -0.15) is 5.10 Å². The summed E-state index contributed by atoms with van der Waals surface area (Å²) in [6.45, 7) is 4.90. The molecule has 1 N–H and O–H groups in total. The van der Waals surface area contributed by atoms with Crippen molar-refractivity contribution >= 4 is 11.9 Å². The number of carbonyl (C=O) groups excluding carboxylic acids is 1. The monoisotopic (exact) mass is 279 g/mol. The molecule has 6 heteroatoms. The lowest BCUT2D eigenvalue weighted by molar-refractivity contribution is -0.153. The van der Waals surface area contributed by atoms with Crippen molar-refractivity contribution in [2.75, 3.05) is 13.1 Å². The van der Waals surface area contributed by atoms with Gasteiger partial charge in [0.1, 0.15) is 6.54 Å². The van der Waals surface area contributed by atoms with Gasteiger partial charge in [-0.1, -0.05) is 0 Å². The van der Waals surface area contributed by atoms with Crippen LogP contribution in [0.15, 0.2) is 18.5 Å². The van der Waals surface area contributed by atoms with Crippen LogP contribution in [0, 0.1) is 11.3 Å². The van der Waals surface area contributed by atoms with E-state index in [1.54, 1.807) is 41.9 Å². The number of nitrogens with zero attached hydrogens (tertiary/aromatic N) is 3. The van der Waals surface area contributed by atoms with Gasteiger partial charge in [-0.3, -0.25) is 14.3 Å². The molecular weight excluding hydrogens is 258 g/mol. The third-order valence-corrected chi connectivity index (χ3v) is 4.20. The maximum Gasteiger partial charge on any atom is 0.309 e. The Kier molecular flexibility index (Phi) is 4.11. The highest BCUT2D eigenvalue weighted by molar-refractivity contribution is 5.77. The lowest BCUT2D eigenvalue weighted by Gasteiger charge is -2.39. The summed E-state index contributed by atoms with van der Waals surface area (Å²) in [4.78, 5) is 25.3. The highest BCUT2D eigenvalue weighted by Crippen LogP contribution is 2.34. The van der Waals surface area contributed by atoms with Crippen LogP contribution in [0.1, 0.15) is 26.7 Å². The van der Waals surface area contributed by atoms with E-state index in [0.717, 1.165) is 12.8 Å². The molecule has 0 bridgehead atoms. The Bertz CT molecular complexity index is 482. The fourth-order valence-corrected chi connectivity index (χ4v) is 2.60. The second kappa shape index (κ2) is 5.64. The normalized spacial score (nSPS) is 19.9. The number of rotatable bonds is 4. The highest BCUT2D eigenvalue weighted by Gasteiger charge is 2.39. The van der Waals surface area contributed by atoms with Gasteiger partial charge in [-0.25, -0.2) is 0 Å². The van der Waals surface area contributed by atoms with Crippen LogP contribution in [0.2, 0.25) is 0 Å². The summed E-state index contributed by atoms with van der Waals surface area (Å²) < 4.78 is 1.59. The van der Waals surface area contributed by atoms with Crippen LogP contribution in [-0.4, -0.2) is 44.8 Å². The van der Waals surface area contributed by atoms with Gasteiger partial charge in [-0.15, -0.1) is 0 Å². The first-order chi connectivity index (χ1) is 9.41. The Balaban J connectivity index is 2.00. The van der Waals surface area contributed by atoms with E-state index < -0.39 is 11.4 Å². The first kappa shape index (κ1) is 14.6. The van der Waals surface area contributed by atoms with E-state index in [9.17, 15) is 14.7 Å². The summed E-state index contributed by atoms with van der Waals surface area (Å²) in [5.41, 5.74) is -0.801. The first-order valence-electron chi connectivity index (χ1n) is 6.90. The molecule has 2 heterocycles. The van der Waals surface area contributed by atoms with Crippen LogP contribution in [0.5, 0.6) is 0 Å². The van der Waals surface area contributed by atoms with E-state index in [0.29, 0.717) is 13.1 Å². The minimum absolute atomic E-state index is 0.000381. The summed E-state index contributed by atoms with van der Waals surface area (Å²) in [7, 11) is 0. The molecule has 0 radical (unpaired) electrons. The Morgan fingerprint density at radius 3 is 2.80 bits per heavy atom. The molecule has 0 spiro atoms. The van der Waals surface area contributed by atoms with E-state index in [1.165, 1.54) is 0 Å². The molecule has 1 saturated heterocycles. The number of hydrogen-bond acceptors (Lipinski definition) is 3. The summed E-state index contributed by atoms with van der Waals surface area (Å²) in [5.74, 6) is -0.807. The number of amides is 1. The predicted octanol–water partition coefficient (Wildman–Crippen LogP) is 1.23. The molecule has 1 amide bonds. The lowest BCUT2D eigenvalue weighted by atomic mass is 9.74. The zero-order valence-electron chi connectivity index (χ0n) is 12.0. The van der Waals surface area contributed by atoms with Crippen molar-refractivity contribution in [3.05, 3.63) is 18.5 Å². The highest BCUT2D eigenvalue weighted by atomic mass is 16.4. The molecule has 1 fully saturated rings. The average Bonchev–Trinajstić information content (AvgIpc) is 2.91. The zero-order valence-corrected chi connectivity index (χ0v) is 12.0. The standard InChI is InChI=1S/C14H21N3O3/c1-14(2,13(19)20)11-5-3-7-16(9-11)12(18)10-17-8-4-6-15-17/h4,6,8,11H,3,5,7,9-10H2,1-2H3,(H,19,20). The van der Waals surface area contributed by atoms with Gasteiger partial charge < -0.3 is 10.0 Å². The van der Waals surface area contributed by atoms with Crippen LogP contribution in [-0.2, 0) is 16.1 Å². The van der Waals surface area contributed by atoms with Crippen molar-refractivity contribution in [3.8, 4) is 0 Å². The molecule has 1 aliphatic heterocycles. The van der Waals surface area contributed by atoms with Gasteiger partial charge in [0.2, 0.25) is 5.91 Å². The number of piperidine rings is 1. The summed E-state index contributed by atoms with van der Waals surface area (Å²) >= 11 is 0. The van der Waals surface area contributed by atoms with Gasteiger partial charge in [0.05, 0.1) is 5.41 Å². The Hall–Kier alpha value is -1.85. The zero-order chi connectivity index (χ0) is 14.8. The van der Waals surface area contributed by atoms with Gasteiger partial charge >= 0.3 is 5.97 Å². The minimum atomic E-state index is -0.802. The fourth-order valence-electron chi connectivity index (χ4n) is 2.60. The van der Waals surface area contributed by atoms with E-state index >= 15 is 0 Å². The fraction of sp³-hybridized carbons (Fsp3) is 0.643. The van der Waals surface area contributed by atoms with Crippen LogP contribution >= 0.6 is 0 Å². The van der Waals surface area contributed by atoms with Crippen molar-refractivity contribution < 1.29 is 14.7 Å². The number of aromatic nitrogens is 2. The molecule has 1 atom stereocenters. The molecule has 2 rings (SSSR count). The van der Waals surface area contributed by atoms with Crippen LogP contribution in [0.4, 0.5) is 0 Å². The van der Waals surface area contributed by atoms with Gasteiger partial charge in [-0.05, 0) is 38.7 Å². The van der Waals surface area contributed by atoms with Gasteiger partial charge in [0, 0.05) is 25.5 Å². The van der Waals surface area contributed by atoms with Crippen molar-refractivity contribution in [2.45, 2.75) is 33.2 Å². The van der Waals surface area contributed by atoms with E-state index in [4.69, 9.17) is 0 Å². The van der Waals surface area contributed by atoms with Crippen LogP contribution in [0.25, 0.3) is 0 Å². The molecule has 1 aromatic heterocycles. The molecule has 0 saturated carbocycles. The number of aliphatic carboxylic acids is 1. The second-order valence-corrected chi connectivity index (χ2v) is 5.91. The third-order valence-electron chi connectivity index (χ3n) is 4.20. The van der Waals surface area contributed by atoms with E-state index in [-0.39, 0.29) is 18.4 Å². The average molecular weight is 279 g/mol. The minimum Gasteiger partial charge on any atom is -0.481 e. The molecule has 1 aromatic rings. The SMILES string of the molecule is CC(C)(C(=O)O)C1CCCN(C(=O)Cn2cccn2)C1. The first-order valence-corrected chi connectivity index (χ1v) is 6.90.